The van der Waals surface area contributed by atoms with Crippen LogP contribution in [0.25, 0.3) is 0 Å². The summed E-state index contributed by atoms with van der Waals surface area (Å²) in [7, 11) is 3.49. The molecule has 1 saturated heterocycles. The zero-order valence-corrected chi connectivity index (χ0v) is 15.2. The number of rotatable bonds is 4. The highest BCUT2D eigenvalue weighted by Crippen LogP contribution is 2.40. The van der Waals surface area contributed by atoms with Crippen molar-refractivity contribution < 1.29 is 14.1 Å². The van der Waals surface area contributed by atoms with Crippen molar-refractivity contribution in [2.45, 2.75) is 44.1 Å². The summed E-state index contributed by atoms with van der Waals surface area (Å²) in [5, 5.41) is 6.72. The van der Waals surface area contributed by atoms with Gasteiger partial charge >= 0.3 is 0 Å². The molecule has 1 N–H and O–H groups in total. The van der Waals surface area contributed by atoms with Crippen LogP contribution in [0.5, 0.6) is 0 Å². The summed E-state index contributed by atoms with van der Waals surface area (Å²) in [4.78, 5) is 26.9. The second-order valence-electron chi connectivity index (χ2n) is 7.18. The predicted octanol–water partition coefficient (Wildman–Crippen LogP) is 2.62. The zero-order chi connectivity index (χ0) is 18.3. The molecule has 1 atom stereocenters. The highest BCUT2D eigenvalue weighted by Gasteiger charge is 2.34. The molecule has 26 heavy (non-hydrogen) atoms. The molecule has 138 valence electrons. The quantitative estimate of drug-likeness (QED) is 0.913. The Balaban J connectivity index is 1.61. The van der Waals surface area contributed by atoms with E-state index < -0.39 is 0 Å². The molecule has 2 aromatic rings. The van der Waals surface area contributed by atoms with Crippen LogP contribution in [0.3, 0.4) is 0 Å². The van der Waals surface area contributed by atoms with E-state index in [1.165, 1.54) is 0 Å². The predicted molar refractivity (Wildman–Crippen MR) is 94.9 cm³/mol. The second kappa shape index (κ2) is 6.63. The van der Waals surface area contributed by atoms with Gasteiger partial charge in [-0.05, 0) is 44.2 Å². The van der Waals surface area contributed by atoms with Gasteiger partial charge in [0, 0.05) is 38.3 Å². The number of carbonyl (C=O) groups is 2. The summed E-state index contributed by atoms with van der Waals surface area (Å²) in [6.07, 6.45) is 5.15. The lowest BCUT2D eigenvalue weighted by atomic mass is 9.99. The van der Waals surface area contributed by atoms with Gasteiger partial charge in [0.05, 0.1) is 11.7 Å². The molecule has 1 unspecified atom stereocenters. The maximum absolute atomic E-state index is 13.1. The fraction of sp³-hybridized carbons (Fsp3) is 0.526. The van der Waals surface area contributed by atoms with Crippen LogP contribution in [0, 0.1) is 0 Å². The van der Waals surface area contributed by atoms with Crippen LogP contribution in [0.2, 0.25) is 0 Å². The van der Waals surface area contributed by atoms with Crippen LogP contribution in [0.4, 0.5) is 0 Å². The first-order chi connectivity index (χ1) is 12.6. The molecule has 1 aliphatic heterocycles. The van der Waals surface area contributed by atoms with Crippen LogP contribution < -0.4 is 5.32 Å². The average Bonchev–Trinajstić information content (AvgIpc) is 3.27. The van der Waals surface area contributed by atoms with Gasteiger partial charge in [-0.2, -0.15) is 0 Å². The van der Waals surface area contributed by atoms with Crippen molar-refractivity contribution in [2.24, 2.45) is 7.05 Å². The molecular weight excluding hydrogens is 332 g/mol. The highest BCUT2D eigenvalue weighted by atomic mass is 16.5. The minimum absolute atomic E-state index is 0.0610. The average molecular weight is 356 g/mol. The number of amides is 2. The third-order valence-corrected chi connectivity index (χ3v) is 5.46. The van der Waals surface area contributed by atoms with Crippen LogP contribution in [-0.2, 0) is 7.05 Å². The molecule has 1 saturated carbocycles. The largest absolute Gasteiger partial charge is 0.354 e. The number of aromatic nitrogens is 2. The molecule has 0 spiro atoms. The van der Waals surface area contributed by atoms with Gasteiger partial charge in [0.25, 0.3) is 11.8 Å². The monoisotopic (exact) mass is 356 g/mol. The maximum Gasteiger partial charge on any atom is 0.293 e. The van der Waals surface area contributed by atoms with Crippen molar-refractivity contribution in [1.82, 2.24) is 19.9 Å². The second-order valence-corrected chi connectivity index (χ2v) is 7.18. The Labute approximate surface area is 152 Å². The summed E-state index contributed by atoms with van der Waals surface area (Å²) in [6, 6.07) is 5.49. The van der Waals surface area contributed by atoms with E-state index in [-0.39, 0.29) is 17.9 Å². The first-order valence-corrected chi connectivity index (χ1v) is 9.25. The molecule has 7 nitrogen and oxygen atoms in total. The molecule has 2 amide bonds. The Kier molecular flexibility index (Phi) is 4.30. The van der Waals surface area contributed by atoms with Crippen LogP contribution in [-0.4, -0.2) is 40.0 Å². The molecule has 7 heteroatoms. The number of nitrogens with one attached hydrogen (secondary N) is 1. The molecule has 2 fully saturated rings. The molecule has 2 aliphatic rings. The Morgan fingerprint density at radius 2 is 2.04 bits per heavy atom. The lowest BCUT2D eigenvalue weighted by Crippen LogP contribution is -2.39. The number of likely N-dealkylation sites (tertiary alicyclic amines) is 1. The van der Waals surface area contributed by atoms with Gasteiger partial charge in [-0.25, -0.2) is 0 Å². The van der Waals surface area contributed by atoms with Gasteiger partial charge in [0.2, 0.25) is 5.76 Å². The van der Waals surface area contributed by atoms with Crippen LogP contribution in [0.15, 0.2) is 22.7 Å². The first kappa shape index (κ1) is 16.9. The van der Waals surface area contributed by atoms with E-state index in [0.29, 0.717) is 23.9 Å². The molecule has 4 rings (SSSR count). The topological polar surface area (TPSA) is 80.4 Å². The number of hydrogen-bond donors (Lipinski definition) is 1. The minimum atomic E-state index is -0.128. The SMILES string of the molecule is CNC(=O)c1ccc(C2CCCCN2C(=O)c2cc(C3CC3)no2)n1C. The van der Waals surface area contributed by atoms with Crippen molar-refractivity contribution in [3.05, 3.63) is 41.0 Å². The van der Waals surface area contributed by atoms with Crippen molar-refractivity contribution >= 4 is 11.8 Å². The van der Waals surface area contributed by atoms with Gasteiger partial charge in [0.15, 0.2) is 0 Å². The minimum Gasteiger partial charge on any atom is -0.354 e. The molecule has 0 bridgehead atoms. The molecule has 1 aliphatic carbocycles. The number of hydrogen-bond acceptors (Lipinski definition) is 4. The van der Waals surface area contributed by atoms with E-state index in [9.17, 15) is 9.59 Å². The first-order valence-electron chi connectivity index (χ1n) is 9.25. The number of carbonyl (C=O) groups excluding carboxylic acids is 2. The number of nitrogens with zero attached hydrogens (tertiary/aromatic N) is 3. The van der Waals surface area contributed by atoms with E-state index in [1.807, 2.05) is 28.6 Å². The fourth-order valence-corrected chi connectivity index (χ4v) is 3.80. The lowest BCUT2D eigenvalue weighted by molar-refractivity contribution is 0.0560. The van der Waals surface area contributed by atoms with Crippen LogP contribution in [0.1, 0.15) is 76.5 Å². The van der Waals surface area contributed by atoms with Crippen molar-refractivity contribution in [3.8, 4) is 0 Å². The molecule has 2 aromatic heterocycles. The van der Waals surface area contributed by atoms with E-state index >= 15 is 0 Å². The fourth-order valence-electron chi connectivity index (χ4n) is 3.80. The van der Waals surface area contributed by atoms with Crippen LogP contribution >= 0.6 is 0 Å². The summed E-state index contributed by atoms with van der Waals surface area (Å²) in [6.45, 7) is 0.684. The Morgan fingerprint density at radius 3 is 2.77 bits per heavy atom. The zero-order valence-electron chi connectivity index (χ0n) is 15.2. The van der Waals surface area contributed by atoms with Gasteiger partial charge in [-0.1, -0.05) is 5.16 Å². The summed E-state index contributed by atoms with van der Waals surface area (Å²) in [5.74, 6) is 0.536. The van der Waals surface area contributed by atoms with Gasteiger partial charge in [-0.3, -0.25) is 9.59 Å². The Bertz CT molecular complexity index is 834. The Morgan fingerprint density at radius 1 is 1.23 bits per heavy atom. The van der Waals surface area contributed by atoms with Gasteiger partial charge in [0.1, 0.15) is 5.69 Å². The maximum atomic E-state index is 13.1. The molecular formula is C19H24N4O3. The van der Waals surface area contributed by atoms with Gasteiger partial charge < -0.3 is 19.3 Å². The van der Waals surface area contributed by atoms with Crippen molar-refractivity contribution in [1.29, 1.82) is 0 Å². The smallest absolute Gasteiger partial charge is 0.293 e. The summed E-state index contributed by atoms with van der Waals surface area (Å²) in [5.41, 5.74) is 2.46. The highest BCUT2D eigenvalue weighted by molar-refractivity contribution is 5.93. The Hall–Kier alpha value is -2.57. The molecule has 0 radical (unpaired) electrons. The number of piperidine rings is 1. The summed E-state index contributed by atoms with van der Waals surface area (Å²) >= 11 is 0. The van der Waals surface area contributed by atoms with E-state index in [0.717, 1.165) is 43.5 Å². The van der Waals surface area contributed by atoms with E-state index in [1.54, 1.807) is 13.1 Å². The van der Waals surface area contributed by atoms with Crippen molar-refractivity contribution in [2.75, 3.05) is 13.6 Å². The molecule has 3 heterocycles. The van der Waals surface area contributed by atoms with E-state index in [2.05, 4.69) is 10.5 Å². The normalized spacial score (nSPS) is 20.2. The summed E-state index contributed by atoms with van der Waals surface area (Å²) < 4.78 is 7.22. The standard InChI is InChI=1S/C19H24N4O3/c1-20-18(24)16-9-8-14(22(16)2)15-5-3-4-10-23(15)19(25)17-11-13(21-26-17)12-6-7-12/h8-9,11-12,15H,3-7,10H2,1-2H3,(H,20,24). The van der Waals surface area contributed by atoms with Crippen molar-refractivity contribution in [3.63, 3.8) is 0 Å². The van der Waals surface area contributed by atoms with E-state index in [4.69, 9.17) is 4.52 Å². The third kappa shape index (κ3) is 2.91. The molecule has 0 aromatic carbocycles. The lowest BCUT2D eigenvalue weighted by Gasteiger charge is -2.35. The third-order valence-electron chi connectivity index (χ3n) is 5.46. The van der Waals surface area contributed by atoms with Gasteiger partial charge in [-0.15, -0.1) is 0 Å².